The predicted molar refractivity (Wildman–Crippen MR) is 54.6 cm³/mol. The normalized spacial score (nSPS) is 21.0. The fourth-order valence-corrected chi connectivity index (χ4v) is 3.20. The van der Waals surface area contributed by atoms with Crippen LogP contribution >= 0.6 is 0 Å². The molecule has 0 aromatic heterocycles. The first kappa shape index (κ1) is 11.2. The standard InChI is InChI=1S/C9H15NO3S/c1-4-8(11)10-7(2)9(5-6-9)14(3,12)13/h4,7H,1,5-6H2,2-3H3,(H,10,11). The molecule has 0 heterocycles. The minimum Gasteiger partial charge on any atom is -0.349 e. The maximum Gasteiger partial charge on any atom is 0.243 e. The van der Waals surface area contributed by atoms with Gasteiger partial charge < -0.3 is 5.32 Å². The van der Waals surface area contributed by atoms with Crippen molar-refractivity contribution in [2.45, 2.75) is 30.6 Å². The lowest BCUT2D eigenvalue weighted by atomic mass is 10.2. The molecule has 1 saturated carbocycles. The molecule has 0 bridgehead atoms. The maximum atomic E-state index is 11.4. The summed E-state index contributed by atoms with van der Waals surface area (Å²) in [7, 11) is -3.09. The van der Waals surface area contributed by atoms with E-state index in [9.17, 15) is 13.2 Å². The van der Waals surface area contributed by atoms with Crippen molar-refractivity contribution in [2.24, 2.45) is 0 Å². The summed E-state index contributed by atoms with van der Waals surface area (Å²) in [5, 5.41) is 2.60. The fraction of sp³-hybridized carbons (Fsp3) is 0.667. The number of hydrogen-bond acceptors (Lipinski definition) is 3. The van der Waals surface area contributed by atoms with Crippen molar-refractivity contribution in [3.63, 3.8) is 0 Å². The van der Waals surface area contributed by atoms with Crippen LogP contribution in [0, 0.1) is 0 Å². The highest BCUT2D eigenvalue weighted by Crippen LogP contribution is 2.45. The Labute approximate surface area is 84.3 Å². The second-order valence-corrected chi connectivity index (χ2v) is 6.13. The summed E-state index contributed by atoms with van der Waals surface area (Å²) in [6, 6.07) is -0.344. The third-order valence-corrected chi connectivity index (χ3v) is 5.05. The zero-order chi connectivity index (χ0) is 11.0. The number of amides is 1. The first-order valence-corrected chi connectivity index (χ1v) is 6.35. The van der Waals surface area contributed by atoms with E-state index in [2.05, 4.69) is 11.9 Å². The number of carbonyl (C=O) groups is 1. The molecular weight excluding hydrogens is 202 g/mol. The highest BCUT2D eigenvalue weighted by atomic mass is 32.2. The summed E-state index contributed by atoms with van der Waals surface area (Å²) < 4.78 is 22.2. The topological polar surface area (TPSA) is 63.2 Å². The van der Waals surface area contributed by atoms with Gasteiger partial charge in [0.05, 0.1) is 4.75 Å². The van der Waals surface area contributed by atoms with Gasteiger partial charge in [-0.25, -0.2) is 8.42 Å². The molecule has 1 aliphatic carbocycles. The van der Waals surface area contributed by atoms with E-state index in [1.807, 2.05) is 0 Å². The van der Waals surface area contributed by atoms with Gasteiger partial charge in [-0.3, -0.25) is 4.79 Å². The van der Waals surface area contributed by atoms with Gasteiger partial charge in [0.2, 0.25) is 5.91 Å². The summed E-state index contributed by atoms with van der Waals surface area (Å²) in [5.74, 6) is -0.326. The Balaban J connectivity index is 2.75. The van der Waals surface area contributed by atoms with Crippen LogP contribution in [0.5, 0.6) is 0 Å². The maximum absolute atomic E-state index is 11.4. The summed E-state index contributed by atoms with van der Waals surface area (Å²) in [6.07, 6.45) is 3.63. The Kier molecular flexibility index (Phi) is 2.71. The molecule has 0 radical (unpaired) electrons. The lowest BCUT2D eigenvalue weighted by molar-refractivity contribution is -0.117. The molecule has 1 aliphatic rings. The van der Waals surface area contributed by atoms with Crippen molar-refractivity contribution in [1.29, 1.82) is 0 Å². The van der Waals surface area contributed by atoms with Crippen LogP contribution < -0.4 is 5.32 Å². The van der Waals surface area contributed by atoms with Crippen LogP contribution in [-0.2, 0) is 14.6 Å². The van der Waals surface area contributed by atoms with Crippen molar-refractivity contribution in [2.75, 3.05) is 6.26 Å². The summed E-state index contributed by atoms with van der Waals surface area (Å²) in [6.45, 7) is 5.03. The first-order valence-electron chi connectivity index (χ1n) is 4.46. The van der Waals surface area contributed by atoms with Crippen LogP contribution in [0.25, 0.3) is 0 Å². The molecule has 80 valence electrons. The number of nitrogens with one attached hydrogen (secondary N) is 1. The Morgan fingerprint density at radius 1 is 1.57 bits per heavy atom. The third-order valence-electron chi connectivity index (χ3n) is 2.81. The highest BCUT2D eigenvalue weighted by Gasteiger charge is 2.56. The largest absolute Gasteiger partial charge is 0.349 e. The molecule has 1 atom stereocenters. The monoisotopic (exact) mass is 217 g/mol. The van der Waals surface area contributed by atoms with Gasteiger partial charge >= 0.3 is 0 Å². The van der Waals surface area contributed by atoms with Crippen molar-refractivity contribution in [3.05, 3.63) is 12.7 Å². The van der Waals surface area contributed by atoms with Crippen LogP contribution in [0.15, 0.2) is 12.7 Å². The second-order valence-electron chi connectivity index (χ2n) is 3.77. The molecule has 14 heavy (non-hydrogen) atoms. The van der Waals surface area contributed by atoms with Crippen LogP contribution in [0.4, 0.5) is 0 Å². The minimum absolute atomic E-state index is 0.326. The lowest BCUT2D eigenvalue weighted by Crippen LogP contribution is -2.45. The number of carbonyl (C=O) groups excluding carboxylic acids is 1. The Hall–Kier alpha value is -0.840. The van der Waals surface area contributed by atoms with Gasteiger partial charge in [-0.05, 0) is 25.8 Å². The van der Waals surface area contributed by atoms with E-state index in [0.29, 0.717) is 12.8 Å². The van der Waals surface area contributed by atoms with Gasteiger partial charge in [0, 0.05) is 12.3 Å². The average molecular weight is 217 g/mol. The van der Waals surface area contributed by atoms with E-state index in [-0.39, 0.29) is 11.9 Å². The van der Waals surface area contributed by atoms with Crippen molar-refractivity contribution < 1.29 is 13.2 Å². The van der Waals surface area contributed by atoms with E-state index in [0.717, 1.165) is 6.08 Å². The molecule has 1 unspecified atom stereocenters. The number of hydrogen-bond donors (Lipinski definition) is 1. The molecule has 4 nitrogen and oxygen atoms in total. The van der Waals surface area contributed by atoms with Crippen LogP contribution in [0.3, 0.4) is 0 Å². The van der Waals surface area contributed by atoms with Crippen LogP contribution in [-0.4, -0.2) is 31.4 Å². The average Bonchev–Trinajstić information content (AvgIpc) is 2.82. The smallest absolute Gasteiger partial charge is 0.243 e. The van der Waals surface area contributed by atoms with Gasteiger partial charge in [0.25, 0.3) is 0 Å². The molecule has 1 fully saturated rings. The number of rotatable bonds is 4. The highest BCUT2D eigenvalue weighted by molar-refractivity contribution is 7.92. The molecular formula is C9H15NO3S. The molecule has 0 aromatic carbocycles. The van der Waals surface area contributed by atoms with E-state index in [1.54, 1.807) is 6.92 Å². The summed E-state index contributed by atoms with van der Waals surface area (Å²) in [5.41, 5.74) is 0. The van der Waals surface area contributed by atoms with Gasteiger partial charge in [-0.1, -0.05) is 6.58 Å². The van der Waals surface area contributed by atoms with Gasteiger partial charge in [0.1, 0.15) is 0 Å². The van der Waals surface area contributed by atoms with Crippen molar-refractivity contribution in [3.8, 4) is 0 Å². The van der Waals surface area contributed by atoms with Crippen molar-refractivity contribution in [1.82, 2.24) is 5.32 Å². The zero-order valence-corrected chi connectivity index (χ0v) is 9.23. The van der Waals surface area contributed by atoms with E-state index in [4.69, 9.17) is 0 Å². The van der Waals surface area contributed by atoms with E-state index < -0.39 is 14.6 Å². The van der Waals surface area contributed by atoms with E-state index >= 15 is 0 Å². The van der Waals surface area contributed by atoms with Gasteiger partial charge in [-0.15, -0.1) is 0 Å². The second kappa shape index (κ2) is 3.38. The molecule has 0 saturated heterocycles. The Morgan fingerprint density at radius 3 is 2.36 bits per heavy atom. The SMILES string of the molecule is C=CC(=O)NC(C)C1(S(C)(=O)=O)CC1. The van der Waals surface area contributed by atoms with Crippen LogP contribution in [0.2, 0.25) is 0 Å². The summed E-state index contributed by atoms with van der Waals surface area (Å²) in [4.78, 5) is 11.0. The zero-order valence-electron chi connectivity index (χ0n) is 8.41. The molecule has 0 aliphatic heterocycles. The molecule has 1 rings (SSSR count). The molecule has 5 heteroatoms. The van der Waals surface area contributed by atoms with Crippen molar-refractivity contribution >= 4 is 15.7 Å². The minimum atomic E-state index is -3.09. The quantitative estimate of drug-likeness (QED) is 0.687. The first-order chi connectivity index (χ1) is 6.33. The molecule has 0 spiro atoms. The summed E-state index contributed by atoms with van der Waals surface area (Å²) >= 11 is 0. The van der Waals surface area contributed by atoms with Gasteiger partial charge in [-0.2, -0.15) is 0 Å². The van der Waals surface area contributed by atoms with Crippen LogP contribution in [0.1, 0.15) is 19.8 Å². The third kappa shape index (κ3) is 1.82. The fourth-order valence-electron chi connectivity index (χ4n) is 1.65. The molecule has 0 aromatic rings. The Bertz CT molecular complexity index is 354. The number of sulfone groups is 1. The van der Waals surface area contributed by atoms with Gasteiger partial charge in [0.15, 0.2) is 9.84 Å². The molecule has 1 N–H and O–H groups in total. The predicted octanol–water partition coefficient (Wildman–Crippen LogP) is 0.254. The lowest BCUT2D eigenvalue weighted by Gasteiger charge is -2.22. The molecule has 1 amide bonds. The Morgan fingerprint density at radius 2 is 2.07 bits per heavy atom. The van der Waals surface area contributed by atoms with E-state index in [1.165, 1.54) is 6.26 Å².